The summed E-state index contributed by atoms with van der Waals surface area (Å²) >= 11 is 0. The minimum atomic E-state index is 0.879. The van der Waals surface area contributed by atoms with E-state index in [-0.39, 0.29) is 0 Å². The number of benzene rings is 1. The van der Waals surface area contributed by atoms with Gasteiger partial charge < -0.3 is 4.74 Å². The molecule has 1 aromatic heterocycles. The van der Waals surface area contributed by atoms with E-state index < -0.39 is 0 Å². The highest BCUT2D eigenvalue weighted by atomic mass is 16.5. The second-order valence-corrected chi connectivity index (χ2v) is 3.41. The molecule has 0 spiro atoms. The van der Waals surface area contributed by atoms with Gasteiger partial charge in [0, 0.05) is 18.2 Å². The van der Waals surface area contributed by atoms with E-state index in [1.807, 2.05) is 65.6 Å². The van der Waals surface area contributed by atoms with Crippen LogP contribution in [0.1, 0.15) is 5.56 Å². The predicted molar refractivity (Wildman–Crippen MR) is 64.9 cm³/mol. The first-order valence-corrected chi connectivity index (χ1v) is 5.16. The first kappa shape index (κ1) is 10.4. The third-order valence-corrected chi connectivity index (χ3v) is 2.29. The molecule has 2 rings (SSSR count). The summed E-state index contributed by atoms with van der Waals surface area (Å²) in [4.78, 5) is 0. The Hall–Kier alpha value is -2.09. The van der Waals surface area contributed by atoms with Crippen LogP contribution in [0.3, 0.4) is 0 Å². The fourth-order valence-electron chi connectivity index (χ4n) is 1.40. The molecule has 0 atom stereocenters. The second kappa shape index (κ2) is 5.12. The summed E-state index contributed by atoms with van der Waals surface area (Å²) in [6.07, 6.45) is 8.07. The van der Waals surface area contributed by atoms with Crippen molar-refractivity contribution in [2.45, 2.75) is 0 Å². The molecule has 0 radical (unpaired) electrons. The molecule has 2 heteroatoms. The summed E-state index contributed by atoms with van der Waals surface area (Å²) in [6.45, 7) is 0. The number of hydrogen-bond donors (Lipinski definition) is 0. The van der Waals surface area contributed by atoms with Gasteiger partial charge in [-0.3, -0.25) is 0 Å². The topological polar surface area (TPSA) is 13.1 Å². The molecular formula is C14H14NO+. The quantitative estimate of drug-likeness (QED) is 0.713. The van der Waals surface area contributed by atoms with Crippen molar-refractivity contribution in [1.82, 2.24) is 0 Å². The van der Waals surface area contributed by atoms with Crippen LogP contribution in [0.2, 0.25) is 0 Å². The number of ether oxygens (including phenoxy) is 1. The molecule has 80 valence electrons. The monoisotopic (exact) mass is 212 g/mol. The van der Waals surface area contributed by atoms with Gasteiger partial charge in [-0.1, -0.05) is 18.2 Å². The molecule has 0 fully saturated rings. The number of nitrogens with zero attached hydrogens (tertiary/aromatic N) is 1. The molecule has 0 aliphatic rings. The van der Waals surface area contributed by atoms with E-state index in [9.17, 15) is 0 Å². The fourth-order valence-corrected chi connectivity index (χ4v) is 1.40. The van der Waals surface area contributed by atoms with Gasteiger partial charge in [0.05, 0.1) is 7.11 Å². The third kappa shape index (κ3) is 2.70. The van der Waals surface area contributed by atoms with Crippen LogP contribution in [0, 0.1) is 0 Å². The van der Waals surface area contributed by atoms with E-state index in [1.54, 1.807) is 7.11 Å². The Bertz CT molecular complexity index is 460. The molecule has 0 saturated heterocycles. The first-order chi connectivity index (χ1) is 7.88. The molecule has 2 aromatic rings. The smallest absolute Gasteiger partial charge is 0.175 e. The van der Waals surface area contributed by atoms with Crippen LogP contribution < -0.4 is 9.30 Å². The number of hydrogen-bond acceptors (Lipinski definition) is 1. The summed E-state index contributed by atoms with van der Waals surface area (Å²) in [6, 6.07) is 14.0. The van der Waals surface area contributed by atoms with Crippen molar-refractivity contribution < 1.29 is 9.30 Å². The zero-order valence-corrected chi connectivity index (χ0v) is 9.21. The summed E-state index contributed by atoms with van der Waals surface area (Å²) < 4.78 is 7.11. The maximum absolute atomic E-state index is 5.10. The first-order valence-electron chi connectivity index (χ1n) is 5.16. The lowest BCUT2D eigenvalue weighted by molar-refractivity contribution is -0.567. The zero-order chi connectivity index (χ0) is 11.2. The number of aromatic nitrogens is 1. The Morgan fingerprint density at radius 2 is 1.69 bits per heavy atom. The average Bonchev–Trinajstić information content (AvgIpc) is 2.38. The Labute approximate surface area is 95.4 Å². The van der Waals surface area contributed by atoms with Gasteiger partial charge in [0.2, 0.25) is 0 Å². The minimum absolute atomic E-state index is 0.879. The van der Waals surface area contributed by atoms with Crippen LogP contribution in [-0.2, 0) is 0 Å². The highest BCUT2D eigenvalue weighted by molar-refractivity contribution is 5.57. The van der Waals surface area contributed by atoms with Gasteiger partial charge in [0.25, 0.3) is 0 Å². The highest BCUT2D eigenvalue weighted by Crippen LogP contribution is 2.11. The lowest BCUT2D eigenvalue weighted by atomic mass is 10.2. The normalized spacial score (nSPS) is 10.6. The molecule has 0 bridgehead atoms. The van der Waals surface area contributed by atoms with Crippen molar-refractivity contribution in [3.8, 4) is 5.75 Å². The third-order valence-electron chi connectivity index (χ3n) is 2.29. The van der Waals surface area contributed by atoms with Crippen LogP contribution in [0.15, 0.2) is 54.9 Å². The van der Waals surface area contributed by atoms with Gasteiger partial charge in [-0.05, 0) is 17.7 Å². The fraction of sp³-hybridized carbons (Fsp3) is 0.0714. The van der Waals surface area contributed by atoms with Gasteiger partial charge in [-0.25, -0.2) is 0 Å². The molecule has 0 N–H and O–H groups in total. The van der Waals surface area contributed by atoms with Crippen molar-refractivity contribution >= 4 is 12.3 Å². The number of rotatable bonds is 3. The van der Waals surface area contributed by atoms with E-state index >= 15 is 0 Å². The van der Waals surface area contributed by atoms with Crippen LogP contribution in [0.5, 0.6) is 5.75 Å². The lowest BCUT2D eigenvalue weighted by Crippen LogP contribution is -2.23. The largest absolute Gasteiger partial charge is 0.497 e. The molecular weight excluding hydrogens is 198 g/mol. The predicted octanol–water partition coefficient (Wildman–Crippen LogP) is 2.61. The maximum atomic E-state index is 5.10. The van der Waals surface area contributed by atoms with Crippen LogP contribution in [0.4, 0.5) is 0 Å². The Morgan fingerprint density at radius 1 is 1.00 bits per heavy atom. The van der Waals surface area contributed by atoms with Crippen molar-refractivity contribution in [2.75, 3.05) is 7.11 Å². The van der Waals surface area contributed by atoms with Crippen molar-refractivity contribution in [3.05, 3.63) is 60.4 Å². The Morgan fingerprint density at radius 3 is 2.31 bits per heavy atom. The molecule has 2 nitrogen and oxygen atoms in total. The summed E-state index contributed by atoms with van der Waals surface area (Å²) in [5, 5.41) is 0. The van der Waals surface area contributed by atoms with E-state index in [0.717, 1.165) is 11.3 Å². The number of methoxy groups -OCH3 is 1. The molecule has 1 aromatic carbocycles. The highest BCUT2D eigenvalue weighted by Gasteiger charge is 1.93. The van der Waals surface area contributed by atoms with Crippen LogP contribution in [0.25, 0.3) is 12.3 Å². The van der Waals surface area contributed by atoms with Crippen LogP contribution >= 0.6 is 0 Å². The van der Waals surface area contributed by atoms with Gasteiger partial charge in [0.1, 0.15) is 5.75 Å². The number of pyridine rings is 1. The van der Waals surface area contributed by atoms with E-state index in [0.29, 0.717) is 0 Å². The standard InChI is InChI=1S/C14H14NO/c1-16-14-7-5-13(6-8-14)9-12-15-10-3-2-4-11-15/h2-12H,1H3/q+1. The average molecular weight is 212 g/mol. The molecule has 0 aliphatic heterocycles. The van der Waals surface area contributed by atoms with Gasteiger partial charge in [0.15, 0.2) is 18.6 Å². The van der Waals surface area contributed by atoms with Gasteiger partial charge in [-0.15, -0.1) is 0 Å². The molecule has 0 unspecified atom stereocenters. The minimum Gasteiger partial charge on any atom is -0.497 e. The second-order valence-electron chi connectivity index (χ2n) is 3.41. The van der Waals surface area contributed by atoms with Crippen molar-refractivity contribution in [2.24, 2.45) is 0 Å². The molecule has 0 aliphatic carbocycles. The van der Waals surface area contributed by atoms with Crippen molar-refractivity contribution in [3.63, 3.8) is 0 Å². The van der Waals surface area contributed by atoms with Crippen LogP contribution in [-0.4, -0.2) is 7.11 Å². The van der Waals surface area contributed by atoms with Gasteiger partial charge >= 0.3 is 0 Å². The molecule has 0 amide bonds. The molecule has 0 saturated carbocycles. The SMILES string of the molecule is COc1ccc(C=C[n+]2ccccc2)cc1. The zero-order valence-electron chi connectivity index (χ0n) is 9.21. The van der Waals surface area contributed by atoms with E-state index in [2.05, 4.69) is 6.08 Å². The molecule has 16 heavy (non-hydrogen) atoms. The summed E-state index contributed by atoms with van der Waals surface area (Å²) in [5.41, 5.74) is 1.15. The van der Waals surface area contributed by atoms with Crippen molar-refractivity contribution in [1.29, 1.82) is 0 Å². The summed E-state index contributed by atoms with van der Waals surface area (Å²) in [5.74, 6) is 0.879. The van der Waals surface area contributed by atoms with E-state index in [4.69, 9.17) is 4.74 Å². The lowest BCUT2D eigenvalue weighted by Gasteiger charge is -1.98. The van der Waals surface area contributed by atoms with E-state index in [1.165, 1.54) is 0 Å². The van der Waals surface area contributed by atoms with Gasteiger partial charge in [-0.2, -0.15) is 4.57 Å². The maximum Gasteiger partial charge on any atom is 0.175 e. The molecule has 1 heterocycles. The Kier molecular flexibility index (Phi) is 3.34. The Balaban J connectivity index is 2.12. The summed E-state index contributed by atoms with van der Waals surface area (Å²) in [7, 11) is 1.67.